The summed E-state index contributed by atoms with van der Waals surface area (Å²) in [5.41, 5.74) is 0. The summed E-state index contributed by atoms with van der Waals surface area (Å²) in [6, 6.07) is 0. The van der Waals surface area contributed by atoms with Crippen molar-refractivity contribution >= 4 is 5.91 Å². The molecule has 1 amide bonds. The van der Waals surface area contributed by atoms with Gasteiger partial charge in [-0.05, 0) is 6.92 Å². The van der Waals surface area contributed by atoms with Crippen LogP contribution in [0.1, 0.15) is 6.92 Å². The van der Waals surface area contributed by atoms with Crippen LogP contribution in [0.3, 0.4) is 0 Å². The van der Waals surface area contributed by atoms with Crippen LogP contribution in [-0.4, -0.2) is 30.0 Å². The Hall–Kier alpha value is -0.570. The monoisotopic (exact) mass is 116 g/mol. The van der Waals surface area contributed by atoms with E-state index in [0.29, 0.717) is 0 Å². The van der Waals surface area contributed by atoms with Crippen molar-refractivity contribution in [3.05, 3.63) is 6.10 Å². The van der Waals surface area contributed by atoms with E-state index in [1.165, 1.54) is 11.8 Å². The lowest BCUT2D eigenvalue weighted by Gasteiger charge is -2.09. The minimum atomic E-state index is -0.343. The summed E-state index contributed by atoms with van der Waals surface area (Å²) >= 11 is 0. The van der Waals surface area contributed by atoms with Crippen LogP contribution in [0.15, 0.2) is 0 Å². The van der Waals surface area contributed by atoms with Gasteiger partial charge in [0.25, 0.3) is 5.91 Å². The molecular formula is C5H10NO2. The molecule has 8 heavy (non-hydrogen) atoms. The van der Waals surface area contributed by atoms with Gasteiger partial charge in [-0.3, -0.25) is 4.79 Å². The minimum absolute atomic E-state index is 0.171. The van der Waals surface area contributed by atoms with Gasteiger partial charge < -0.3 is 10.0 Å². The molecule has 0 heterocycles. The highest BCUT2D eigenvalue weighted by Gasteiger charge is 2.10. The summed E-state index contributed by atoms with van der Waals surface area (Å²) in [6.45, 7) is 1.36. The van der Waals surface area contributed by atoms with E-state index in [1.807, 2.05) is 0 Å². The summed E-state index contributed by atoms with van der Waals surface area (Å²) in [7, 11) is 3.17. The van der Waals surface area contributed by atoms with E-state index in [1.54, 1.807) is 14.1 Å². The molecule has 0 bridgehead atoms. The van der Waals surface area contributed by atoms with Gasteiger partial charge in [-0.2, -0.15) is 0 Å². The maximum Gasteiger partial charge on any atom is 0.257 e. The van der Waals surface area contributed by atoms with Crippen LogP contribution in [0.4, 0.5) is 0 Å². The van der Waals surface area contributed by atoms with Crippen molar-refractivity contribution in [3.8, 4) is 0 Å². The molecule has 0 aromatic rings. The van der Waals surface area contributed by atoms with Crippen LogP contribution in [0.5, 0.6) is 0 Å². The molecule has 0 rings (SSSR count). The maximum atomic E-state index is 10.5. The highest BCUT2D eigenvalue weighted by molar-refractivity contribution is 5.86. The summed E-state index contributed by atoms with van der Waals surface area (Å²) < 4.78 is 0. The molecule has 0 aromatic carbocycles. The molecule has 0 aliphatic carbocycles. The third-order valence-electron chi connectivity index (χ3n) is 0.716. The van der Waals surface area contributed by atoms with Gasteiger partial charge in [-0.1, -0.05) is 0 Å². The predicted octanol–water partition coefficient (Wildman–Crippen LogP) is -0.00101. The zero-order chi connectivity index (χ0) is 6.73. The third kappa shape index (κ3) is 1.93. The van der Waals surface area contributed by atoms with Crippen molar-refractivity contribution in [1.82, 2.24) is 4.90 Å². The smallest absolute Gasteiger partial charge is 0.257 e. The summed E-state index contributed by atoms with van der Waals surface area (Å²) in [4.78, 5) is 11.8. The van der Waals surface area contributed by atoms with E-state index in [9.17, 15) is 4.79 Å². The zero-order valence-corrected chi connectivity index (χ0v) is 5.30. The van der Waals surface area contributed by atoms with E-state index in [2.05, 4.69) is 0 Å². The van der Waals surface area contributed by atoms with Crippen LogP contribution in [-0.2, 0) is 4.79 Å². The van der Waals surface area contributed by atoms with Crippen molar-refractivity contribution in [2.75, 3.05) is 14.1 Å². The van der Waals surface area contributed by atoms with Gasteiger partial charge in [-0.25, -0.2) is 0 Å². The first-order valence-corrected chi connectivity index (χ1v) is 2.30. The molecule has 0 fully saturated rings. The lowest BCUT2D eigenvalue weighted by Crippen LogP contribution is -2.26. The predicted molar refractivity (Wildman–Crippen MR) is 29.5 cm³/mol. The summed E-state index contributed by atoms with van der Waals surface area (Å²) in [6.07, 6.45) is -0.171. The molecule has 47 valence electrons. The van der Waals surface area contributed by atoms with Crippen molar-refractivity contribution in [2.24, 2.45) is 0 Å². The lowest BCUT2D eigenvalue weighted by molar-refractivity contribution is -0.130. The molecule has 0 aromatic heterocycles. The summed E-state index contributed by atoms with van der Waals surface area (Å²) in [5.74, 6) is -0.343. The fourth-order valence-corrected chi connectivity index (χ4v) is 0.324. The number of nitrogens with zero attached hydrogens (tertiary/aromatic N) is 1. The minimum Gasteiger partial charge on any atom is -0.377 e. The number of carbonyl (C=O) groups is 1. The molecule has 1 N–H and O–H groups in total. The van der Waals surface area contributed by atoms with Gasteiger partial charge in [0.15, 0.2) is 6.10 Å². The Bertz CT molecular complexity index is 78.4. The molecule has 1 radical (unpaired) electrons. The Morgan fingerprint density at radius 3 is 1.88 bits per heavy atom. The zero-order valence-electron chi connectivity index (χ0n) is 5.30. The van der Waals surface area contributed by atoms with Crippen LogP contribution >= 0.6 is 0 Å². The summed E-state index contributed by atoms with van der Waals surface area (Å²) in [5, 5.41) is 8.52. The fourth-order valence-electron chi connectivity index (χ4n) is 0.324. The van der Waals surface area contributed by atoms with Crippen molar-refractivity contribution in [2.45, 2.75) is 6.92 Å². The van der Waals surface area contributed by atoms with Gasteiger partial charge in [0, 0.05) is 14.1 Å². The number of carbonyl (C=O) groups excluding carboxylic acids is 1. The Balaban J connectivity index is 3.65. The molecule has 0 unspecified atom stereocenters. The third-order valence-corrected chi connectivity index (χ3v) is 0.716. The molecule has 0 atom stereocenters. The van der Waals surface area contributed by atoms with Gasteiger partial charge in [0.05, 0.1) is 0 Å². The molecule has 3 heteroatoms. The highest BCUT2D eigenvalue weighted by atomic mass is 16.3. The van der Waals surface area contributed by atoms with E-state index in [-0.39, 0.29) is 12.0 Å². The standard InChI is InChI=1S/C5H10NO2/c1-4(7)5(8)6(2)3/h7H,1-3H3. The quantitative estimate of drug-likeness (QED) is 0.523. The molecule has 0 saturated carbocycles. The molecule has 0 aliphatic heterocycles. The van der Waals surface area contributed by atoms with Gasteiger partial charge in [-0.15, -0.1) is 0 Å². The molecular weight excluding hydrogens is 106 g/mol. The Morgan fingerprint density at radius 2 is 1.88 bits per heavy atom. The Kier molecular flexibility index (Phi) is 2.48. The van der Waals surface area contributed by atoms with Crippen LogP contribution in [0.25, 0.3) is 0 Å². The number of amides is 1. The maximum absolute atomic E-state index is 10.5. The van der Waals surface area contributed by atoms with Gasteiger partial charge in [0.1, 0.15) is 0 Å². The number of hydrogen-bond donors (Lipinski definition) is 1. The number of aliphatic hydroxyl groups is 1. The number of aliphatic hydroxyl groups excluding tert-OH is 1. The molecule has 0 saturated heterocycles. The van der Waals surface area contributed by atoms with Gasteiger partial charge in [0.2, 0.25) is 0 Å². The first-order valence-electron chi connectivity index (χ1n) is 2.30. The van der Waals surface area contributed by atoms with Crippen LogP contribution in [0.2, 0.25) is 0 Å². The number of hydrogen-bond acceptors (Lipinski definition) is 2. The van der Waals surface area contributed by atoms with E-state index in [4.69, 9.17) is 5.11 Å². The molecule has 3 nitrogen and oxygen atoms in total. The van der Waals surface area contributed by atoms with Crippen LogP contribution < -0.4 is 0 Å². The second-order valence-electron chi connectivity index (χ2n) is 1.78. The molecule has 0 spiro atoms. The number of rotatable bonds is 1. The normalized spacial score (nSPS) is 9.62. The average molecular weight is 116 g/mol. The van der Waals surface area contributed by atoms with Crippen molar-refractivity contribution in [1.29, 1.82) is 0 Å². The number of likely N-dealkylation sites (N-methyl/N-ethyl adjacent to an activating group) is 1. The second kappa shape index (κ2) is 2.67. The SMILES string of the molecule is C[C](O)C(=O)N(C)C. The van der Waals surface area contributed by atoms with E-state index >= 15 is 0 Å². The van der Waals surface area contributed by atoms with Crippen molar-refractivity contribution < 1.29 is 9.90 Å². The first-order chi connectivity index (χ1) is 3.55. The van der Waals surface area contributed by atoms with E-state index < -0.39 is 0 Å². The average Bonchev–Trinajstić information content (AvgIpc) is 1.64. The molecule has 0 aliphatic rings. The van der Waals surface area contributed by atoms with E-state index in [0.717, 1.165) is 0 Å². The van der Waals surface area contributed by atoms with Crippen molar-refractivity contribution in [3.63, 3.8) is 0 Å². The Labute approximate surface area is 48.9 Å². The van der Waals surface area contributed by atoms with Gasteiger partial charge >= 0.3 is 0 Å². The first kappa shape index (κ1) is 7.43. The topological polar surface area (TPSA) is 40.5 Å². The largest absolute Gasteiger partial charge is 0.377 e. The Morgan fingerprint density at radius 1 is 1.50 bits per heavy atom. The lowest BCUT2D eigenvalue weighted by atomic mass is 10.4. The fraction of sp³-hybridized carbons (Fsp3) is 0.600. The van der Waals surface area contributed by atoms with Crippen LogP contribution in [0, 0.1) is 6.10 Å². The highest BCUT2D eigenvalue weighted by Crippen LogP contribution is 1.93. The second-order valence-corrected chi connectivity index (χ2v) is 1.78.